The number of carbonyl (C=O) groups is 4. The Morgan fingerprint density at radius 1 is 0.907 bits per heavy atom. The van der Waals surface area contributed by atoms with Crippen molar-refractivity contribution < 1.29 is 42.9 Å². The molecule has 0 spiro atoms. The Kier molecular flexibility index (Phi) is 10.6. The minimum atomic E-state index is -1.32. The van der Waals surface area contributed by atoms with Gasteiger partial charge in [0.05, 0.1) is 22.6 Å². The number of allylic oxidation sites excluding steroid dienone is 2. The van der Waals surface area contributed by atoms with Crippen LogP contribution in [0, 0.1) is 11.3 Å². The molecule has 3 heterocycles. The van der Waals surface area contributed by atoms with E-state index in [0.29, 0.717) is 10.6 Å². The van der Waals surface area contributed by atoms with Crippen molar-refractivity contribution in [2.24, 2.45) is 0 Å². The number of nitrogens with zero attached hydrogens (tertiary/aromatic N) is 1. The standard InChI is InChI=1S/C30H30N2O9S2/c1-16(33)37-15-24-26(38-17(2)34)27(39-18(3)35)28(40-19(4)36)30(41-24)43-29-22(14-31)21(25-11-8-12-42-25)13-23(32-29)20-9-6-5-7-10-20/h5-13,21,24,26-28,30,32H,15H2,1-4H3/t21?,24-,26+,27+,28-,30+/m1/s1. The minimum Gasteiger partial charge on any atom is -0.463 e. The molecule has 1 fully saturated rings. The minimum absolute atomic E-state index is 0.348. The van der Waals surface area contributed by atoms with Gasteiger partial charge >= 0.3 is 23.9 Å². The molecule has 43 heavy (non-hydrogen) atoms. The molecule has 2 aliphatic rings. The fourth-order valence-corrected chi connectivity index (χ4v) is 6.76. The molecule has 0 radical (unpaired) electrons. The van der Waals surface area contributed by atoms with Gasteiger partial charge in [0.15, 0.2) is 23.7 Å². The second-order valence-corrected chi connectivity index (χ2v) is 11.7. The maximum atomic E-state index is 12.3. The number of ether oxygens (including phenoxy) is 5. The topological polar surface area (TPSA) is 150 Å². The maximum Gasteiger partial charge on any atom is 0.303 e. The molecule has 0 aliphatic carbocycles. The Bertz CT molecular complexity index is 1450. The summed E-state index contributed by atoms with van der Waals surface area (Å²) in [6.45, 7) is 4.36. The monoisotopic (exact) mass is 626 g/mol. The molecule has 6 atom stereocenters. The molecule has 0 amide bonds. The number of benzene rings is 1. The van der Waals surface area contributed by atoms with E-state index in [9.17, 15) is 24.4 Å². The van der Waals surface area contributed by atoms with E-state index in [4.69, 9.17) is 23.7 Å². The van der Waals surface area contributed by atoms with E-state index in [1.54, 1.807) is 0 Å². The van der Waals surface area contributed by atoms with Gasteiger partial charge in [0.2, 0.25) is 0 Å². The molecular formula is C30H30N2O9S2. The van der Waals surface area contributed by atoms with Gasteiger partial charge in [-0.3, -0.25) is 19.2 Å². The Morgan fingerprint density at radius 3 is 2.14 bits per heavy atom. The van der Waals surface area contributed by atoms with Gasteiger partial charge in [-0.05, 0) is 23.1 Å². The van der Waals surface area contributed by atoms with Gasteiger partial charge in [-0.25, -0.2) is 0 Å². The van der Waals surface area contributed by atoms with Crippen molar-refractivity contribution in [1.82, 2.24) is 5.32 Å². The lowest BCUT2D eigenvalue weighted by Gasteiger charge is -2.44. The third-order valence-corrected chi connectivity index (χ3v) is 8.50. The van der Waals surface area contributed by atoms with Crippen LogP contribution in [0.2, 0.25) is 0 Å². The van der Waals surface area contributed by atoms with E-state index in [1.165, 1.54) is 25.2 Å². The van der Waals surface area contributed by atoms with Crippen LogP contribution in [0.3, 0.4) is 0 Å². The summed E-state index contributed by atoms with van der Waals surface area (Å²) in [5, 5.41) is 16.0. The van der Waals surface area contributed by atoms with Crippen LogP contribution in [-0.4, -0.2) is 60.3 Å². The van der Waals surface area contributed by atoms with Crippen molar-refractivity contribution in [2.75, 3.05) is 6.61 Å². The highest BCUT2D eigenvalue weighted by Crippen LogP contribution is 2.43. The van der Waals surface area contributed by atoms with Gasteiger partial charge in [-0.15, -0.1) is 11.3 Å². The van der Waals surface area contributed by atoms with Crippen molar-refractivity contribution in [3.8, 4) is 6.07 Å². The molecule has 226 valence electrons. The summed E-state index contributed by atoms with van der Waals surface area (Å²) in [5.74, 6) is -3.15. The second-order valence-electron chi connectivity index (χ2n) is 9.60. The van der Waals surface area contributed by atoms with Crippen LogP contribution in [0.25, 0.3) is 5.70 Å². The summed E-state index contributed by atoms with van der Waals surface area (Å²) in [6.07, 6.45) is -3.00. The summed E-state index contributed by atoms with van der Waals surface area (Å²) < 4.78 is 28.1. The van der Waals surface area contributed by atoms with E-state index in [0.717, 1.165) is 41.7 Å². The van der Waals surface area contributed by atoms with Crippen molar-refractivity contribution in [3.05, 3.63) is 75.0 Å². The average Bonchev–Trinajstić information content (AvgIpc) is 3.49. The van der Waals surface area contributed by atoms with Crippen molar-refractivity contribution in [3.63, 3.8) is 0 Å². The smallest absolute Gasteiger partial charge is 0.303 e. The number of nitrogens with one attached hydrogen (secondary N) is 1. The van der Waals surface area contributed by atoms with Gasteiger partial charge in [0, 0.05) is 38.3 Å². The molecule has 0 bridgehead atoms. The summed E-state index contributed by atoms with van der Waals surface area (Å²) in [5.41, 5.74) is 0.914. The van der Waals surface area contributed by atoms with E-state index in [1.807, 2.05) is 53.9 Å². The summed E-state index contributed by atoms with van der Waals surface area (Å²) in [7, 11) is 0. The SMILES string of the molecule is CC(=O)OC[C@H]1O[C@@H](SC2=C(C#N)C(c3cccs3)C=C(c3ccccc3)N2)[C@H](OC(C)=O)[C@@H](OC(C)=O)[C@H]1OC(C)=O. The highest BCUT2D eigenvalue weighted by Gasteiger charge is 2.53. The van der Waals surface area contributed by atoms with Crippen LogP contribution in [0.1, 0.15) is 44.1 Å². The molecule has 11 nitrogen and oxygen atoms in total. The number of rotatable bonds is 9. The zero-order valence-electron chi connectivity index (χ0n) is 23.8. The molecule has 13 heteroatoms. The summed E-state index contributed by atoms with van der Waals surface area (Å²) in [4.78, 5) is 49.2. The second kappa shape index (κ2) is 14.4. The van der Waals surface area contributed by atoms with Gasteiger partial charge in [0.25, 0.3) is 0 Å². The molecule has 2 aromatic rings. The quantitative estimate of drug-likeness (QED) is 0.316. The zero-order valence-corrected chi connectivity index (χ0v) is 25.4. The number of dihydropyridines is 1. The van der Waals surface area contributed by atoms with Crippen LogP contribution < -0.4 is 5.32 Å². The Hall–Kier alpha value is -4.12. The van der Waals surface area contributed by atoms with Gasteiger partial charge < -0.3 is 29.0 Å². The Balaban J connectivity index is 1.79. The number of hydrogen-bond donors (Lipinski definition) is 1. The fraction of sp³-hybridized carbons (Fsp3) is 0.367. The third kappa shape index (κ3) is 8.04. The first-order valence-corrected chi connectivity index (χ1v) is 15.0. The molecular weight excluding hydrogens is 596 g/mol. The molecule has 2 aliphatic heterocycles. The lowest BCUT2D eigenvalue weighted by atomic mass is 9.93. The zero-order chi connectivity index (χ0) is 31.1. The number of nitriles is 1. The number of carbonyl (C=O) groups excluding carboxylic acids is 4. The third-order valence-electron chi connectivity index (χ3n) is 6.37. The number of esters is 4. The average molecular weight is 627 g/mol. The van der Waals surface area contributed by atoms with Crippen molar-refractivity contribution >= 4 is 52.7 Å². The molecule has 1 N–H and O–H groups in total. The predicted octanol–water partition coefficient (Wildman–Crippen LogP) is 4.03. The predicted molar refractivity (Wildman–Crippen MR) is 157 cm³/mol. The number of thioether (sulfide) groups is 1. The maximum absolute atomic E-state index is 12.3. The van der Waals surface area contributed by atoms with E-state index < -0.39 is 59.6 Å². The van der Waals surface area contributed by atoms with Gasteiger partial charge in [0.1, 0.15) is 12.7 Å². The molecule has 1 aromatic heterocycles. The van der Waals surface area contributed by atoms with Crippen LogP contribution in [0.15, 0.2) is 64.5 Å². The van der Waals surface area contributed by atoms with Crippen LogP contribution in [-0.2, 0) is 42.9 Å². The first kappa shape index (κ1) is 31.8. The van der Waals surface area contributed by atoms with E-state index in [-0.39, 0.29) is 6.61 Å². The van der Waals surface area contributed by atoms with E-state index >= 15 is 0 Å². The highest BCUT2D eigenvalue weighted by atomic mass is 32.2. The first-order valence-electron chi connectivity index (χ1n) is 13.3. The molecule has 0 saturated carbocycles. The highest BCUT2D eigenvalue weighted by molar-refractivity contribution is 8.03. The molecule has 1 saturated heterocycles. The van der Waals surface area contributed by atoms with E-state index in [2.05, 4.69) is 11.4 Å². The molecule has 1 aromatic carbocycles. The van der Waals surface area contributed by atoms with Crippen molar-refractivity contribution in [1.29, 1.82) is 5.26 Å². The fourth-order valence-electron chi connectivity index (χ4n) is 4.71. The van der Waals surface area contributed by atoms with Gasteiger partial charge in [-0.2, -0.15) is 5.26 Å². The van der Waals surface area contributed by atoms with Crippen LogP contribution in [0.4, 0.5) is 0 Å². The summed E-state index contributed by atoms with van der Waals surface area (Å²) >= 11 is 2.56. The van der Waals surface area contributed by atoms with Gasteiger partial charge in [-0.1, -0.05) is 48.2 Å². The number of hydrogen-bond acceptors (Lipinski definition) is 13. The van der Waals surface area contributed by atoms with Crippen LogP contribution in [0.5, 0.6) is 0 Å². The lowest BCUT2D eigenvalue weighted by Crippen LogP contribution is -2.61. The summed E-state index contributed by atoms with van der Waals surface area (Å²) in [6, 6.07) is 15.7. The number of thiophene rings is 1. The van der Waals surface area contributed by atoms with Crippen LogP contribution >= 0.6 is 23.1 Å². The molecule has 4 rings (SSSR count). The Morgan fingerprint density at radius 2 is 1.56 bits per heavy atom. The first-order chi connectivity index (χ1) is 20.6. The van der Waals surface area contributed by atoms with Crippen molar-refractivity contribution in [2.45, 2.75) is 63.5 Å². The lowest BCUT2D eigenvalue weighted by molar-refractivity contribution is -0.237. The Labute approximate surface area is 256 Å². The molecule has 1 unspecified atom stereocenters. The largest absolute Gasteiger partial charge is 0.463 e. The normalized spacial score (nSPS) is 25.0.